The van der Waals surface area contributed by atoms with E-state index in [1.54, 1.807) is 66.7 Å². The summed E-state index contributed by atoms with van der Waals surface area (Å²) in [5.74, 6) is -1.96. The topological polar surface area (TPSA) is 119 Å². The molecule has 0 aliphatic carbocycles. The van der Waals surface area contributed by atoms with Gasteiger partial charge in [-0.1, -0.05) is 77.9 Å². The molecule has 3 aromatic rings. The second-order valence-electron chi connectivity index (χ2n) is 7.93. The van der Waals surface area contributed by atoms with E-state index in [-0.39, 0.29) is 4.90 Å². The number of carbonyl (C=O) groups excluding carboxylic acids is 3. The second-order valence-corrected chi connectivity index (χ2v) is 9.69. The number of benzene rings is 3. The van der Waals surface area contributed by atoms with E-state index in [9.17, 15) is 22.8 Å². The highest BCUT2D eigenvalue weighted by Gasteiger charge is 2.26. The number of esters is 1. The Morgan fingerprint density at radius 3 is 1.97 bits per heavy atom. The van der Waals surface area contributed by atoms with E-state index in [2.05, 4.69) is 10.0 Å². The van der Waals surface area contributed by atoms with Crippen LogP contribution in [0.2, 0.25) is 0 Å². The Labute approximate surface area is 204 Å². The molecule has 1 atom stereocenters. The van der Waals surface area contributed by atoms with Gasteiger partial charge in [0.2, 0.25) is 21.7 Å². The number of rotatable bonds is 10. The van der Waals surface area contributed by atoms with Crippen LogP contribution in [0.1, 0.15) is 33.2 Å². The summed E-state index contributed by atoms with van der Waals surface area (Å²) in [7, 11) is -3.88. The van der Waals surface area contributed by atoms with Crippen LogP contribution >= 0.6 is 0 Å². The van der Waals surface area contributed by atoms with E-state index in [4.69, 9.17) is 4.74 Å². The number of aryl methyl sites for hydroxylation is 2. The smallest absolute Gasteiger partial charge is 0.326 e. The van der Waals surface area contributed by atoms with Crippen LogP contribution in [-0.2, 0) is 24.3 Å². The third kappa shape index (κ3) is 7.33. The van der Waals surface area contributed by atoms with Gasteiger partial charge in [-0.25, -0.2) is 13.1 Å². The molecule has 0 fully saturated rings. The minimum atomic E-state index is -3.88. The molecule has 0 aromatic heterocycles. The maximum Gasteiger partial charge on any atom is 0.326 e. The van der Waals surface area contributed by atoms with E-state index in [0.29, 0.717) is 11.1 Å². The Hall–Kier alpha value is -3.82. The van der Waals surface area contributed by atoms with Gasteiger partial charge in [-0.3, -0.25) is 14.4 Å². The molecule has 182 valence electrons. The molecule has 0 heterocycles. The van der Waals surface area contributed by atoms with Crippen molar-refractivity contribution >= 4 is 27.7 Å². The first-order valence-electron chi connectivity index (χ1n) is 10.8. The van der Waals surface area contributed by atoms with Gasteiger partial charge in [-0.15, -0.1) is 0 Å². The summed E-state index contributed by atoms with van der Waals surface area (Å²) in [6, 6.07) is 21.6. The summed E-state index contributed by atoms with van der Waals surface area (Å²) in [5.41, 5.74) is 2.75. The van der Waals surface area contributed by atoms with Crippen LogP contribution < -0.4 is 10.0 Å². The molecule has 0 spiro atoms. The van der Waals surface area contributed by atoms with Gasteiger partial charge in [0.15, 0.2) is 6.10 Å². The lowest BCUT2D eigenvalue weighted by molar-refractivity contribution is -0.147. The van der Waals surface area contributed by atoms with Crippen molar-refractivity contribution in [3.05, 3.63) is 101 Å². The number of nitrogens with one attached hydrogen (secondary N) is 2. The maximum absolute atomic E-state index is 13.1. The van der Waals surface area contributed by atoms with Crippen molar-refractivity contribution in [1.29, 1.82) is 0 Å². The predicted molar refractivity (Wildman–Crippen MR) is 130 cm³/mol. The van der Waals surface area contributed by atoms with E-state index in [0.717, 1.165) is 11.1 Å². The quantitative estimate of drug-likeness (QED) is 0.331. The number of amides is 1. The second kappa shape index (κ2) is 11.5. The number of ether oxygens (including phenoxy) is 1. The summed E-state index contributed by atoms with van der Waals surface area (Å²) in [5, 5.41) is 2.31. The lowest BCUT2D eigenvalue weighted by atomic mass is 9.99. The van der Waals surface area contributed by atoms with Crippen LogP contribution in [0.25, 0.3) is 0 Å². The number of hydrogen-bond acceptors (Lipinski definition) is 6. The van der Waals surface area contributed by atoms with E-state index >= 15 is 0 Å². The molecule has 0 saturated heterocycles. The molecular weight excluding hydrogens is 468 g/mol. The fourth-order valence-electron chi connectivity index (χ4n) is 3.14. The highest BCUT2D eigenvalue weighted by Crippen LogP contribution is 2.23. The van der Waals surface area contributed by atoms with E-state index < -0.39 is 46.9 Å². The summed E-state index contributed by atoms with van der Waals surface area (Å²) in [4.78, 5) is 37.6. The van der Waals surface area contributed by atoms with Crippen molar-refractivity contribution in [2.24, 2.45) is 0 Å². The molecule has 0 aliphatic rings. The number of Topliss-reactive ketones (excluding diaryl/α,β-unsaturated/α-hetero) is 1. The number of carbonyl (C=O) groups is 3. The molecule has 3 aromatic carbocycles. The summed E-state index contributed by atoms with van der Waals surface area (Å²) in [6.07, 6.45) is -1.19. The van der Waals surface area contributed by atoms with Crippen molar-refractivity contribution in [3.8, 4) is 0 Å². The average molecular weight is 495 g/mol. The Balaban J connectivity index is 1.59. The van der Waals surface area contributed by atoms with Crippen LogP contribution in [0.3, 0.4) is 0 Å². The first-order chi connectivity index (χ1) is 16.7. The van der Waals surface area contributed by atoms with Crippen LogP contribution in [0.4, 0.5) is 0 Å². The van der Waals surface area contributed by atoms with Gasteiger partial charge >= 0.3 is 5.97 Å². The third-order valence-electron chi connectivity index (χ3n) is 5.11. The molecular formula is C26H26N2O6S. The molecule has 0 bridgehead atoms. The SMILES string of the molecule is Cc1ccc(C(=O)[C@H](OC(=O)CNC(=O)CNS(=O)(=O)c2ccc(C)cc2)c2ccccc2)cc1. The molecule has 0 unspecified atom stereocenters. The van der Waals surface area contributed by atoms with Gasteiger partial charge in [0.1, 0.15) is 6.54 Å². The predicted octanol–water partition coefficient (Wildman–Crippen LogP) is 2.87. The first-order valence-corrected chi connectivity index (χ1v) is 12.3. The maximum atomic E-state index is 13.1. The van der Waals surface area contributed by atoms with Crippen LogP contribution in [0.15, 0.2) is 83.8 Å². The average Bonchev–Trinajstić information content (AvgIpc) is 2.85. The Morgan fingerprint density at radius 1 is 0.800 bits per heavy atom. The minimum Gasteiger partial charge on any atom is -0.448 e. The molecule has 2 N–H and O–H groups in total. The van der Waals surface area contributed by atoms with Gasteiger partial charge in [0.05, 0.1) is 11.4 Å². The molecule has 8 nitrogen and oxygen atoms in total. The Bertz CT molecular complexity index is 1290. The first kappa shape index (κ1) is 25.8. The van der Waals surface area contributed by atoms with Crippen molar-refractivity contribution in [2.45, 2.75) is 24.8 Å². The molecule has 0 saturated carbocycles. The van der Waals surface area contributed by atoms with Crippen LogP contribution in [0, 0.1) is 13.8 Å². The standard InChI is InChI=1S/C26H26N2O6S/c1-18-8-12-20(13-9-18)25(31)26(21-6-4-3-5-7-21)34-24(30)17-27-23(29)16-28-35(32,33)22-14-10-19(2)11-15-22/h3-15,26,28H,16-17H2,1-2H3,(H,27,29)/t26-/m1/s1. The van der Waals surface area contributed by atoms with Gasteiger partial charge in [0, 0.05) is 11.1 Å². The summed E-state index contributed by atoms with van der Waals surface area (Å²) < 4.78 is 32.2. The monoisotopic (exact) mass is 494 g/mol. The normalized spacial score (nSPS) is 11.9. The summed E-state index contributed by atoms with van der Waals surface area (Å²) >= 11 is 0. The zero-order valence-corrected chi connectivity index (χ0v) is 20.2. The molecule has 1 amide bonds. The van der Waals surface area contributed by atoms with Gasteiger partial charge in [0.25, 0.3) is 0 Å². The minimum absolute atomic E-state index is 0.0237. The van der Waals surface area contributed by atoms with E-state index in [1.165, 1.54) is 12.1 Å². The lowest BCUT2D eigenvalue weighted by Crippen LogP contribution is -2.39. The van der Waals surface area contributed by atoms with Gasteiger partial charge < -0.3 is 10.1 Å². The molecule has 35 heavy (non-hydrogen) atoms. The number of ketones is 1. The van der Waals surface area contributed by atoms with Crippen molar-refractivity contribution in [2.75, 3.05) is 13.1 Å². The van der Waals surface area contributed by atoms with Crippen molar-refractivity contribution < 1.29 is 27.5 Å². The number of hydrogen-bond donors (Lipinski definition) is 2. The van der Waals surface area contributed by atoms with E-state index in [1.807, 2.05) is 13.8 Å². The fourth-order valence-corrected chi connectivity index (χ4v) is 4.12. The van der Waals surface area contributed by atoms with Crippen molar-refractivity contribution in [3.63, 3.8) is 0 Å². The van der Waals surface area contributed by atoms with Crippen molar-refractivity contribution in [1.82, 2.24) is 10.0 Å². The highest BCUT2D eigenvalue weighted by molar-refractivity contribution is 7.89. The number of sulfonamides is 1. The fraction of sp³-hybridized carbons (Fsp3) is 0.192. The third-order valence-corrected chi connectivity index (χ3v) is 6.53. The zero-order chi connectivity index (χ0) is 25.4. The largest absolute Gasteiger partial charge is 0.448 e. The molecule has 9 heteroatoms. The molecule has 3 rings (SSSR count). The van der Waals surface area contributed by atoms with Gasteiger partial charge in [-0.05, 0) is 26.0 Å². The molecule has 0 radical (unpaired) electrons. The molecule has 0 aliphatic heterocycles. The Kier molecular flexibility index (Phi) is 8.51. The summed E-state index contributed by atoms with van der Waals surface area (Å²) in [6.45, 7) is 2.63. The van der Waals surface area contributed by atoms with Crippen LogP contribution in [-0.4, -0.2) is 39.2 Å². The zero-order valence-electron chi connectivity index (χ0n) is 19.4. The van der Waals surface area contributed by atoms with Gasteiger partial charge in [-0.2, -0.15) is 0 Å². The Morgan fingerprint density at radius 2 is 1.37 bits per heavy atom. The highest BCUT2D eigenvalue weighted by atomic mass is 32.2. The van der Waals surface area contributed by atoms with Crippen LogP contribution in [0.5, 0.6) is 0 Å². The lowest BCUT2D eigenvalue weighted by Gasteiger charge is -2.18.